The summed E-state index contributed by atoms with van der Waals surface area (Å²) < 4.78 is 49.1. The molecule has 0 radical (unpaired) electrons. The number of nitrogen functional groups attached to an aromatic ring is 1. The standard InChI is InChI=1S/C12H19N3O4S2/c1-14-21(18,19)10-3-4-11(13)12(7-10)15(2)9-5-6-20(16,17)8-9/h3-4,7,9,14H,5-6,8,13H2,1-2H3. The fraction of sp³-hybridized carbons (Fsp3) is 0.500. The third-order valence-electron chi connectivity index (χ3n) is 3.72. The zero-order chi connectivity index (χ0) is 15.8. The number of sulfone groups is 1. The molecule has 0 aliphatic carbocycles. The maximum atomic E-state index is 11.8. The maximum Gasteiger partial charge on any atom is 0.240 e. The van der Waals surface area contributed by atoms with Crippen LogP contribution in [-0.2, 0) is 19.9 Å². The summed E-state index contributed by atoms with van der Waals surface area (Å²) in [5, 5.41) is 0. The van der Waals surface area contributed by atoms with Gasteiger partial charge in [0.2, 0.25) is 10.0 Å². The van der Waals surface area contributed by atoms with E-state index in [2.05, 4.69) is 4.72 Å². The molecule has 0 spiro atoms. The molecule has 9 heteroatoms. The number of sulfonamides is 1. The molecule has 1 unspecified atom stereocenters. The normalized spacial score (nSPS) is 21.3. The average Bonchev–Trinajstić information content (AvgIpc) is 2.78. The highest BCUT2D eigenvalue weighted by Gasteiger charge is 2.31. The maximum absolute atomic E-state index is 11.8. The summed E-state index contributed by atoms with van der Waals surface area (Å²) >= 11 is 0. The van der Waals surface area contributed by atoms with E-state index in [4.69, 9.17) is 5.73 Å². The number of hydrogen-bond acceptors (Lipinski definition) is 6. The summed E-state index contributed by atoms with van der Waals surface area (Å²) in [4.78, 5) is 1.84. The van der Waals surface area contributed by atoms with Gasteiger partial charge in [0.15, 0.2) is 9.84 Å². The van der Waals surface area contributed by atoms with Gasteiger partial charge in [0.05, 0.1) is 27.8 Å². The minimum absolute atomic E-state index is 0.0615. The fourth-order valence-corrected chi connectivity index (χ4v) is 4.92. The summed E-state index contributed by atoms with van der Waals surface area (Å²) in [7, 11) is -3.52. The summed E-state index contributed by atoms with van der Waals surface area (Å²) in [6, 6.07) is 4.21. The van der Waals surface area contributed by atoms with Gasteiger partial charge in [-0.05, 0) is 31.7 Å². The molecule has 1 aromatic carbocycles. The molecule has 0 amide bonds. The van der Waals surface area contributed by atoms with Crippen LogP contribution in [0.25, 0.3) is 0 Å². The number of hydrogen-bond donors (Lipinski definition) is 2. The quantitative estimate of drug-likeness (QED) is 0.739. The van der Waals surface area contributed by atoms with Gasteiger partial charge in [-0.25, -0.2) is 21.6 Å². The van der Waals surface area contributed by atoms with Crippen LogP contribution in [-0.4, -0.2) is 48.5 Å². The third-order valence-corrected chi connectivity index (χ3v) is 6.88. The molecule has 3 N–H and O–H groups in total. The Balaban J connectivity index is 2.38. The molecular weight excluding hydrogens is 314 g/mol. The second-order valence-corrected chi connectivity index (χ2v) is 9.21. The summed E-state index contributed by atoms with van der Waals surface area (Å²) in [5.41, 5.74) is 6.84. The van der Waals surface area contributed by atoms with Crippen molar-refractivity contribution in [2.45, 2.75) is 17.4 Å². The van der Waals surface area contributed by atoms with Crippen LogP contribution >= 0.6 is 0 Å². The van der Waals surface area contributed by atoms with E-state index < -0.39 is 19.9 Å². The van der Waals surface area contributed by atoms with Gasteiger partial charge in [0.25, 0.3) is 0 Å². The number of rotatable bonds is 4. The van der Waals surface area contributed by atoms with Crippen LogP contribution in [0.15, 0.2) is 23.1 Å². The van der Waals surface area contributed by atoms with Crippen molar-refractivity contribution in [3.63, 3.8) is 0 Å². The van der Waals surface area contributed by atoms with E-state index >= 15 is 0 Å². The Morgan fingerprint density at radius 1 is 1.38 bits per heavy atom. The monoisotopic (exact) mass is 333 g/mol. The zero-order valence-electron chi connectivity index (χ0n) is 11.9. The SMILES string of the molecule is CNS(=O)(=O)c1ccc(N)c(N(C)C2CCS(=O)(=O)C2)c1. The average molecular weight is 333 g/mol. The Morgan fingerprint density at radius 2 is 2.05 bits per heavy atom. The first-order valence-electron chi connectivity index (χ1n) is 6.42. The molecular formula is C12H19N3O4S2. The topological polar surface area (TPSA) is 110 Å². The van der Waals surface area contributed by atoms with Gasteiger partial charge in [0.1, 0.15) is 0 Å². The predicted molar refractivity (Wildman–Crippen MR) is 82.6 cm³/mol. The fourth-order valence-electron chi connectivity index (χ4n) is 2.39. The van der Waals surface area contributed by atoms with Crippen LogP contribution in [0.2, 0.25) is 0 Å². The summed E-state index contributed by atoms with van der Waals surface area (Å²) in [5.74, 6) is 0.211. The van der Waals surface area contributed by atoms with Gasteiger partial charge in [0, 0.05) is 13.1 Å². The molecule has 2 rings (SSSR count). The number of benzene rings is 1. The van der Waals surface area contributed by atoms with E-state index in [1.807, 2.05) is 0 Å². The zero-order valence-corrected chi connectivity index (χ0v) is 13.5. The first-order chi connectivity index (χ1) is 9.66. The first-order valence-corrected chi connectivity index (χ1v) is 9.73. The van der Waals surface area contributed by atoms with Gasteiger partial charge in [-0.1, -0.05) is 0 Å². The lowest BCUT2D eigenvalue weighted by molar-refractivity contribution is 0.587. The molecule has 1 atom stereocenters. The highest BCUT2D eigenvalue weighted by Crippen LogP contribution is 2.30. The molecule has 1 heterocycles. The molecule has 0 bridgehead atoms. The Labute approximate surface area is 125 Å². The van der Waals surface area contributed by atoms with Crippen molar-refractivity contribution < 1.29 is 16.8 Å². The van der Waals surface area contributed by atoms with E-state index in [-0.39, 0.29) is 22.4 Å². The van der Waals surface area contributed by atoms with Gasteiger partial charge >= 0.3 is 0 Å². The van der Waals surface area contributed by atoms with Crippen molar-refractivity contribution in [3.05, 3.63) is 18.2 Å². The summed E-state index contributed by atoms with van der Waals surface area (Å²) in [6.45, 7) is 0. The van der Waals surface area contributed by atoms with Gasteiger partial charge in [-0.15, -0.1) is 0 Å². The minimum atomic E-state index is -3.57. The molecule has 21 heavy (non-hydrogen) atoms. The smallest absolute Gasteiger partial charge is 0.240 e. The predicted octanol–water partition coefficient (Wildman–Crippen LogP) is -0.200. The molecule has 1 saturated heterocycles. The number of nitrogens with zero attached hydrogens (tertiary/aromatic N) is 1. The van der Waals surface area contributed by atoms with Crippen LogP contribution in [0.5, 0.6) is 0 Å². The van der Waals surface area contributed by atoms with E-state index in [0.717, 1.165) is 0 Å². The number of nitrogens with two attached hydrogens (primary N) is 1. The number of nitrogens with one attached hydrogen (secondary N) is 1. The molecule has 1 aromatic rings. The second-order valence-electron chi connectivity index (χ2n) is 5.10. The Bertz CT molecular complexity index is 744. The molecule has 1 aliphatic heterocycles. The largest absolute Gasteiger partial charge is 0.397 e. The van der Waals surface area contributed by atoms with E-state index in [0.29, 0.717) is 17.8 Å². The van der Waals surface area contributed by atoms with Crippen molar-refractivity contribution in [2.24, 2.45) is 0 Å². The van der Waals surface area contributed by atoms with Crippen molar-refractivity contribution in [3.8, 4) is 0 Å². The Hall–Kier alpha value is -1.32. The lowest BCUT2D eigenvalue weighted by atomic mass is 10.2. The van der Waals surface area contributed by atoms with Crippen LogP contribution in [0, 0.1) is 0 Å². The van der Waals surface area contributed by atoms with Crippen LogP contribution in [0.3, 0.4) is 0 Å². The highest BCUT2D eigenvalue weighted by molar-refractivity contribution is 7.91. The molecule has 118 valence electrons. The molecule has 7 nitrogen and oxygen atoms in total. The van der Waals surface area contributed by atoms with E-state index in [9.17, 15) is 16.8 Å². The molecule has 0 saturated carbocycles. The van der Waals surface area contributed by atoms with E-state index in [1.165, 1.54) is 25.2 Å². The molecule has 1 aliphatic rings. The van der Waals surface area contributed by atoms with Crippen molar-refractivity contribution in [1.29, 1.82) is 0 Å². The van der Waals surface area contributed by atoms with Crippen LogP contribution in [0.4, 0.5) is 11.4 Å². The van der Waals surface area contributed by atoms with Gasteiger partial charge in [-0.3, -0.25) is 0 Å². The minimum Gasteiger partial charge on any atom is -0.397 e. The lowest BCUT2D eigenvalue weighted by Gasteiger charge is -2.27. The lowest BCUT2D eigenvalue weighted by Crippen LogP contribution is -2.33. The molecule has 0 aromatic heterocycles. The van der Waals surface area contributed by atoms with E-state index in [1.54, 1.807) is 11.9 Å². The Kier molecular flexibility index (Phi) is 4.18. The first kappa shape index (κ1) is 16.1. The van der Waals surface area contributed by atoms with Crippen LogP contribution in [0.1, 0.15) is 6.42 Å². The van der Waals surface area contributed by atoms with Crippen molar-refractivity contribution in [1.82, 2.24) is 4.72 Å². The second kappa shape index (κ2) is 5.47. The van der Waals surface area contributed by atoms with Gasteiger partial charge < -0.3 is 10.6 Å². The van der Waals surface area contributed by atoms with Gasteiger partial charge in [-0.2, -0.15) is 0 Å². The Morgan fingerprint density at radius 3 is 2.57 bits per heavy atom. The summed E-state index contributed by atoms with van der Waals surface area (Å²) in [6.07, 6.45) is 0.515. The highest BCUT2D eigenvalue weighted by atomic mass is 32.2. The third kappa shape index (κ3) is 3.30. The number of anilines is 2. The van der Waals surface area contributed by atoms with Crippen molar-refractivity contribution >= 4 is 31.2 Å². The van der Waals surface area contributed by atoms with Crippen molar-refractivity contribution in [2.75, 3.05) is 36.2 Å². The molecule has 1 fully saturated rings. The van der Waals surface area contributed by atoms with Crippen LogP contribution < -0.4 is 15.4 Å².